The molecule has 1 rings (SSSR count). The van der Waals surface area contributed by atoms with Gasteiger partial charge in [-0.15, -0.1) is 0 Å². The minimum Gasteiger partial charge on any atom is -0.624 e. The molecule has 6 heteroatoms. The second-order valence-corrected chi connectivity index (χ2v) is 6.59. The van der Waals surface area contributed by atoms with Crippen LogP contribution in [0.25, 0.3) is 0 Å². The molecule has 0 saturated heterocycles. The molecule has 1 aromatic rings. The van der Waals surface area contributed by atoms with Gasteiger partial charge >= 0.3 is 5.88 Å². The topological polar surface area (TPSA) is 82.3 Å². The summed E-state index contributed by atoms with van der Waals surface area (Å²) in [7, 11) is 0. The number of rotatable bonds is 15. The Labute approximate surface area is 150 Å². The van der Waals surface area contributed by atoms with Crippen LogP contribution in [0.15, 0.2) is 16.5 Å². The highest BCUT2D eigenvalue weighted by molar-refractivity contribution is 5.71. The first kappa shape index (κ1) is 21.2. The zero-order valence-electron chi connectivity index (χ0n) is 15.5. The Hall–Kier alpha value is -1.85. The zero-order chi connectivity index (χ0) is 18.3. The lowest BCUT2D eigenvalue weighted by atomic mass is 10.1. The van der Waals surface area contributed by atoms with E-state index in [-0.39, 0.29) is 11.6 Å². The Bertz CT molecular complexity index is 511. The molecule has 0 spiro atoms. The molecule has 0 radical (unpaired) electrons. The molecule has 0 saturated carbocycles. The van der Waals surface area contributed by atoms with Crippen molar-refractivity contribution in [1.82, 2.24) is 0 Å². The van der Waals surface area contributed by atoms with Crippen LogP contribution >= 0.6 is 0 Å². The Kier molecular flexibility index (Phi) is 11.4. The molecule has 142 valence electrons. The van der Waals surface area contributed by atoms with Crippen molar-refractivity contribution in [2.45, 2.75) is 84.0 Å². The number of hydrogen-bond acceptors (Lipinski definition) is 4. The van der Waals surface area contributed by atoms with E-state index in [1.807, 2.05) is 0 Å². The summed E-state index contributed by atoms with van der Waals surface area (Å²) in [4.78, 5) is 9.89. The van der Waals surface area contributed by atoms with Gasteiger partial charge < -0.3 is 9.62 Å². The largest absolute Gasteiger partial charge is 0.624 e. The van der Waals surface area contributed by atoms with E-state index in [0.29, 0.717) is 6.54 Å². The number of hydrogen-bond donors (Lipinski definition) is 0. The van der Waals surface area contributed by atoms with Crippen LogP contribution in [0.1, 0.15) is 89.7 Å². The van der Waals surface area contributed by atoms with E-state index in [4.69, 9.17) is 4.42 Å². The Morgan fingerprint density at radius 2 is 1.40 bits per heavy atom. The molecule has 0 aliphatic heterocycles. The maximum Gasteiger partial charge on any atom is 0.433 e. The van der Waals surface area contributed by atoms with E-state index in [0.717, 1.165) is 24.0 Å². The van der Waals surface area contributed by atoms with Gasteiger partial charge in [-0.25, -0.2) is 4.74 Å². The van der Waals surface area contributed by atoms with Gasteiger partial charge in [0.25, 0.3) is 0 Å². The first-order valence-electron chi connectivity index (χ1n) is 9.66. The third kappa shape index (κ3) is 10.6. The Balaban J connectivity index is 1.98. The molecular formula is C19H32N2O4. The first-order valence-corrected chi connectivity index (χ1v) is 9.66. The quantitative estimate of drug-likeness (QED) is 0.0994. The molecule has 0 N–H and O–H groups in total. The molecule has 6 nitrogen and oxygen atoms in total. The summed E-state index contributed by atoms with van der Waals surface area (Å²) in [5.41, 5.74) is 0. The summed E-state index contributed by atoms with van der Waals surface area (Å²) in [6.45, 7) is 2.64. The second kappa shape index (κ2) is 13.4. The van der Waals surface area contributed by atoms with E-state index in [9.17, 15) is 15.3 Å². The van der Waals surface area contributed by atoms with Gasteiger partial charge in [-0.05, 0) is 12.5 Å². The molecule has 0 unspecified atom stereocenters. The molecule has 1 aromatic heterocycles. The summed E-state index contributed by atoms with van der Waals surface area (Å²) in [5, 5.41) is 22.2. The minimum atomic E-state index is -0.613. The van der Waals surface area contributed by atoms with Crippen molar-refractivity contribution in [3.8, 4) is 0 Å². The Morgan fingerprint density at radius 3 is 1.88 bits per heavy atom. The minimum absolute atomic E-state index is 0.223. The molecule has 0 aromatic carbocycles. The fourth-order valence-electron chi connectivity index (χ4n) is 2.82. The summed E-state index contributed by atoms with van der Waals surface area (Å²) < 4.78 is 5.72. The third-order valence-corrected chi connectivity index (χ3v) is 4.30. The molecular weight excluding hydrogens is 320 g/mol. The summed E-state index contributed by atoms with van der Waals surface area (Å²) in [5.74, 6) is -0.120. The van der Waals surface area contributed by atoms with E-state index in [1.165, 1.54) is 76.1 Å². The predicted molar refractivity (Wildman–Crippen MR) is 100 cm³/mol. The van der Waals surface area contributed by atoms with Gasteiger partial charge in [-0.3, -0.25) is 10.1 Å². The van der Waals surface area contributed by atoms with Crippen LogP contribution in [-0.2, 0) is 0 Å². The lowest BCUT2D eigenvalue weighted by Crippen LogP contribution is -2.07. The van der Waals surface area contributed by atoms with Crippen molar-refractivity contribution in [2.24, 2.45) is 0 Å². The SMILES string of the molecule is CCCCCCCCCCCCCC/[N+]([O-])=C\c1ccc([N+](=O)[O-])o1. The lowest BCUT2D eigenvalue weighted by molar-refractivity contribution is -0.453. The fourth-order valence-corrected chi connectivity index (χ4v) is 2.82. The molecule has 0 bridgehead atoms. The summed E-state index contributed by atoms with van der Waals surface area (Å²) >= 11 is 0. The van der Waals surface area contributed by atoms with Crippen LogP contribution in [0.4, 0.5) is 5.88 Å². The first-order chi connectivity index (χ1) is 12.1. The van der Waals surface area contributed by atoms with Gasteiger partial charge in [0, 0.05) is 6.42 Å². The van der Waals surface area contributed by atoms with Crippen LogP contribution in [0.3, 0.4) is 0 Å². The summed E-state index contributed by atoms with van der Waals surface area (Å²) in [6.07, 6.45) is 16.3. The van der Waals surface area contributed by atoms with Crippen molar-refractivity contribution >= 4 is 12.1 Å². The predicted octanol–water partition coefficient (Wildman–Crippen LogP) is 5.82. The Morgan fingerprint density at radius 1 is 0.880 bits per heavy atom. The zero-order valence-corrected chi connectivity index (χ0v) is 15.5. The fraction of sp³-hybridized carbons (Fsp3) is 0.737. The van der Waals surface area contributed by atoms with Crippen molar-refractivity contribution in [2.75, 3.05) is 6.54 Å². The molecule has 0 aliphatic rings. The van der Waals surface area contributed by atoms with E-state index in [2.05, 4.69) is 6.92 Å². The normalized spacial score (nSPS) is 11.8. The van der Waals surface area contributed by atoms with E-state index >= 15 is 0 Å². The van der Waals surface area contributed by atoms with Gasteiger partial charge in [0.15, 0.2) is 12.3 Å². The van der Waals surface area contributed by atoms with Crippen molar-refractivity contribution in [3.63, 3.8) is 0 Å². The highest BCUT2D eigenvalue weighted by Gasteiger charge is 2.12. The highest BCUT2D eigenvalue weighted by Crippen LogP contribution is 2.14. The summed E-state index contributed by atoms with van der Waals surface area (Å²) in [6, 6.07) is 2.69. The van der Waals surface area contributed by atoms with Gasteiger partial charge in [0.05, 0.1) is 6.07 Å². The highest BCUT2D eigenvalue weighted by atomic mass is 16.6. The van der Waals surface area contributed by atoms with Crippen LogP contribution in [0, 0.1) is 15.3 Å². The molecule has 0 atom stereocenters. The molecule has 0 fully saturated rings. The second-order valence-electron chi connectivity index (χ2n) is 6.59. The van der Waals surface area contributed by atoms with E-state index < -0.39 is 4.92 Å². The third-order valence-electron chi connectivity index (χ3n) is 4.30. The number of nitrogens with zero attached hydrogens (tertiary/aromatic N) is 2. The monoisotopic (exact) mass is 352 g/mol. The van der Waals surface area contributed by atoms with Crippen molar-refractivity contribution in [1.29, 1.82) is 0 Å². The van der Waals surface area contributed by atoms with Crippen molar-refractivity contribution < 1.29 is 14.1 Å². The number of unbranched alkanes of at least 4 members (excludes halogenated alkanes) is 11. The van der Waals surface area contributed by atoms with Crippen LogP contribution in [0.5, 0.6) is 0 Å². The molecule has 1 heterocycles. The number of furan rings is 1. The molecule has 0 aliphatic carbocycles. The number of nitro groups is 1. The standard InChI is InChI=1S/C19H32N2O4/c1-2-3-4-5-6-7-8-9-10-11-12-13-16-20(22)17-18-14-15-19(25-18)21(23)24/h14-15,17H,2-13,16H2,1H3/b20-17+. The van der Waals surface area contributed by atoms with E-state index in [1.54, 1.807) is 0 Å². The maximum absolute atomic E-state index is 11.7. The molecule has 0 amide bonds. The lowest BCUT2D eigenvalue weighted by Gasteiger charge is -2.04. The average Bonchev–Trinajstić information content (AvgIpc) is 3.04. The average molecular weight is 352 g/mol. The smallest absolute Gasteiger partial charge is 0.433 e. The van der Waals surface area contributed by atoms with Gasteiger partial charge in [-0.1, -0.05) is 71.1 Å². The number of hydroxylamine groups is 1. The van der Waals surface area contributed by atoms with Gasteiger partial charge in [0.2, 0.25) is 6.21 Å². The molecule has 25 heavy (non-hydrogen) atoms. The van der Waals surface area contributed by atoms with Gasteiger partial charge in [0.1, 0.15) is 4.92 Å². The van der Waals surface area contributed by atoms with Gasteiger partial charge in [-0.2, -0.15) is 0 Å². The van der Waals surface area contributed by atoms with Crippen LogP contribution in [-0.4, -0.2) is 22.4 Å². The van der Waals surface area contributed by atoms with Crippen molar-refractivity contribution in [3.05, 3.63) is 33.2 Å². The van der Waals surface area contributed by atoms with Crippen LogP contribution < -0.4 is 0 Å². The van der Waals surface area contributed by atoms with Crippen LogP contribution in [0.2, 0.25) is 0 Å². The maximum atomic E-state index is 11.7.